The topological polar surface area (TPSA) is 40.5 Å². The van der Waals surface area contributed by atoms with Crippen LogP contribution in [0.15, 0.2) is 18.2 Å². The molecule has 1 atom stereocenters. The van der Waals surface area contributed by atoms with Gasteiger partial charge in [0, 0.05) is 19.1 Å². The van der Waals surface area contributed by atoms with Gasteiger partial charge in [0.2, 0.25) is 0 Å². The number of aliphatic carboxylic acids is 1. The van der Waals surface area contributed by atoms with Gasteiger partial charge in [-0.2, -0.15) is 0 Å². The van der Waals surface area contributed by atoms with Gasteiger partial charge in [0.25, 0.3) is 0 Å². The van der Waals surface area contributed by atoms with Gasteiger partial charge < -0.3 is 5.11 Å². The second-order valence-corrected chi connectivity index (χ2v) is 5.09. The Hall–Kier alpha value is -1.35. The molecule has 1 aromatic carbocycles. The second kappa shape index (κ2) is 4.49. The molecule has 3 nitrogen and oxygen atoms in total. The van der Waals surface area contributed by atoms with Gasteiger partial charge in [-0.1, -0.05) is 18.2 Å². The number of benzene rings is 1. The standard InChI is InChI=1S/C14H19NO2/c1-9(2)15-7-12-5-4-11(6-13(12)8-15)10(3)14(16)17/h4-6,9-10H,7-8H2,1-3H3,(H,16,17). The zero-order valence-corrected chi connectivity index (χ0v) is 10.6. The zero-order chi connectivity index (χ0) is 12.6. The highest BCUT2D eigenvalue weighted by Gasteiger charge is 2.22. The van der Waals surface area contributed by atoms with Gasteiger partial charge in [0.05, 0.1) is 5.92 Å². The Kier molecular flexibility index (Phi) is 3.20. The Morgan fingerprint density at radius 3 is 2.47 bits per heavy atom. The van der Waals surface area contributed by atoms with Crippen LogP contribution in [0.5, 0.6) is 0 Å². The van der Waals surface area contributed by atoms with Crippen LogP contribution in [-0.2, 0) is 17.9 Å². The van der Waals surface area contributed by atoms with E-state index in [4.69, 9.17) is 5.11 Å². The van der Waals surface area contributed by atoms with Crippen molar-refractivity contribution in [3.63, 3.8) is 0 Å². The summed E-state index contributed by atoms with van der Waals surface area (Å²) >= 11 is 0. The third-order valence-electron chi connectivity index (χ3n) is 3.58. The molecule has 1 aliphatic rings. The Balaban J connectivity index is 2.24. The van der Waals surface area contributed by atoms with E-state index in [1.165, 1.54) is 11.1 Å². The van der Waals surface area contributed by atoms with Crippen molar-refractivity contribution in [2.24, 2.45) is 0 Å². The lowest BCUT2D eigenvalue weighted by atomic mass is 9.97. The van der Waals surface area contributed by atoms with Crippen molar-refractivity contribution in [3.8, 4) is 0 Å². The fourth-order valence-corrected chi connectivity index (χ4v) is 2.22. The Labute approximate surface area is 102 Å². The summed E-state index contributed by atoms with van der Waals surface area (Å²) in [5.74, 6) is -1.18. The number of hydrogen-bond acceptors (Lipinski definition) is 2. The monoisotopic (exact) mass is 233 g/mol. The highest BCUT2D eigenvalue weighted by molar-refractivity contribution is 5.75. The van der Waals surface area contributed by atoms with E-state index in [0.717, 1.165) is 18.7 Å². The highest BCUT2D eigenvalue weighted by Crippen LogP contribution is 2.27. The molecule has 1 heterocycles. The molecule has 0 radical (unpaired) electrons. The second-order valence-electron chi connectivity index (χ2n) is 5.09. The lowest BCUT2D eigenvalue weighted by molar-refractivity contribution is -0.138. The van der Waals surface area contributed by atoms with E-state index in [9.17, 15) is 4.79 Å². The summed E-state index contributed by atoms with van der Waals surface area (Å²) in [6.07, 6.45) is 0. The maximum atomic E-state index is 11.0. The maximum Gasteiger partial charge on any atom is 0.310 e. The molecule has 0 amide bonds. The highest BCUT2D eigenvalue weighted by atomic mass is 16.4. The smallest absolute Gasteiger partial charge is 0.310 e. The fraction of sp³-hybridized carbons (Fsp3) is 0.500. The number of hydrogen-bond donors (Lipinski definition) is 1. The van der Waals surface area contributed by atoms with Crippen LogP contribution >= 0.6 is 0 Å². The van der Waals surface area contributed by atoms with Crippen LogP contribution in [0, 0.1) is 0 Å². The first-order chi connectivity index (χ1) is 7.99. The summed E-state index contributed by atoms with van der Waals surface area (Å²) in [6.45, 7) is 8.03. The number of rotatable bonds is 3. The molecule has 0 aromatic heterocycles. The number of carboxylic acid groups (broad SMARTS) is 1. The maximum absolute atomic E-state index is 11.0. The SMILES string of the molecule is CC(C(=O)O)c1ccc2c(c1)CN(C(C)C)C2. The van der Waals surface area contributed by atoms with Gasteiger partial charge in [0.15, 0.2) is 0 Å². The van der Waals surface area contributed by atoms with Gasteiger partial charge in [-0.3, -0.25) is 9.69 Å². The molecule has 0 aliphatic carbocycles. The van der Waals surface area contributed by atoms with Crippen molar-refractivity contribution in [3.05, 3.63) is 34.9 Å². The van der Waals surface area contributed by atoms with E-state index in [1.54, 1.807) is 6.92 Å². The van der Waals surface area contributed by atoms with Crippen LogP contribution in [0.2, 0.25) is 0 Å². The Bertz CT molecular complexity index is 440. The number of carboxylic acids is 1. The summed E-state index contributed by atoms with van der Waals surface area (Å²) in [5, 5.41) is 9.01. The molecule has 0 saturated carbocycles. The van der Waals surface area contributed by atoms with E-state index < -0.39 is 11.9 Å². The first-order valence-electron chi connectivity index (χ1n) is 6.07. The summed E-state index contributed by atoms with van der Waals surface area (Å²) in [4.78, 5) is 13.4. The fourth-order valence-electron chi connectivity index (χ4n) is 2.22. The molecule has 1 aliphatic heterocycles. The van der Waals surface area contributed by atoms with E-state index in [1.807, 2.05) is 6.07 Å². The van der Waals surface area contributed by atoms with Crippen molar-refractivity contribution in [2.75, 3.05) is 0 Å². The van der Waals surface area contributed by atoms with Gasteiger partial charge in [0.1, 0.15) is 0 Å². The minimum atomic E-state index is -0.760. The molecule has 0 spiro atoms. The molecule has 3 heteroatoms. The molecule has 17 heavy (non-hydrogen) atoms. The number of fused-ring (bicyclic) bond motifs is 1. The summed E-state index contributed by atoms with van der Waals surface area (Å²) in [7, 11) is 0. The average molecular weight is 233 g/mol. The normalized spacial score (nSPS) is 17.2. The minimum Gasteiger partial charge on any atom is -0.481 e. The third kappa shape index (κ3) is 2.34. The van der Waals surface area contributed by atoms with E-state index in [-0.39, 0.29) is 0 Å². The van der Waals surface area contributed by atoms with Crippen LogP contribution in [0.1, 0.15) is 43.4 Å². The molecule has 0 bridgehead atoms. The predicted molar refractivity (Wildman–Crippen MR) is 66.9 cm³/mol. The lowest BCUT2D eigenvalue weighted by Gasteiger charge is -2.18. The Morgan fingerprint density at radius 2 is 1.88 bits per heavy atom. The van der Waals surface area contributed by atoms with Crippen LogP contribution in [0.4, 0.5) is 0 Å². The largest absolute Gasteiger partial charge is 0.481 e. The van der Waals surface area contributed by atoms with Crippen molar-refractivity contribution < 1.29 is 9.90 Å². The van der Waals surface area contributed by atoms with Crippen LogP contribution in [0.3, 0.4) is 0 Å². The number of carbonyl (C=O) groups is 1. The van der Waals surface area contributed by atoms with Crippen molar-refractivity contribution in [1.82, 2.24) is 4.90 Å². The van der Waals surface area contributed by atoms with Gasteiger partial charge in [-0.05, 0) is 37.5 Å². The van der Waals surface area contributed by atoms with Gasteiger partial charge in [-0.15, -0.1) is 0 Å². The lowest BCUT2D eigenvalue weighted by Crippen LogP contribution is -2.24. The molecular formula is C14H19NO2. The molecule has 1 aromatic rings. The predicted octanol–water partition coefficient (Wildman–Crippen LogP) is 2.60. The summed E-state index contributed by atoms with van der Waals surface area (Å²) < 4.78 is 0. The van der Waals surface area contributed by atoms with Gasteiger partial charge >= 0.3 is 5.97 Å². The van der Waals surface area contributed by atoms with Crippen molar-refractivity contribution in [1.29, 1.82) is 0 Å². The van der Waals surface area contributed by atoms with Crippen molar-refractivity contribution in [2.45, 2.75) is 45.8 Å². The molecule has 92 valence electrons. The van der Waals surface area contributed by atoms with E-state index in [0.29, 0.717) is 6.04 Å². The van der Waals surface area contributed by atoms with E-state index >= 15 is 0 Å². The van der Waals surface area contributed by atoms with Crippen LogP contribution < -0.4 is 0 Å². The molecule has 2 rings (SSSR count). The first kappa shape index (κ1) is 12.1. The minimum absolute atomic E-state index is 0.423. The summed E-state index contributed by atoms with van der Waals surface area (Å²) in [6, 6.07) is 6.60. The molecule has 1 N–H and O–H groups in total. The number of nitrogens with zero attached hydrogens (tertiary/aromatic N) is 1. The third-order valence-corrected chi connectivity index (χ3v) is 3.58. The first-order valence-corrected chi connectivity index (χ1v) is 6.07. The molecule has 0 saturated heterocycles. The molecule has 1 unspecified atom stereocenters. The average Bonchev–Trinajstić information content (AvgIpc) is 2.70. The van der Waals surface area contributed by atoms with E-state index in [2.05, 4.69) is 30.9 Å². The van der Waals surface area contributed by atoms with Gasteiger partial charge in [-0.25, -0.2) is 0 Å². The quantitative estimate of drug-likeness (QED) is 0.872. The van der Waals surface area contributed by atoms with Crippen LogP contribution in [0.25, 0.3) is 0 Å². The molecule has 0 fully saturated rings. The molecular weight excluding hydrogens is 214 g/mol. The summed E-state index contributed by atoms with van der Waals surface area (Å²) in [5.41, 5.74) is 3.52. The Morgan fingerprint density at radius 1 is 1.24 bits per heavy atom. The zero-order valence-electron chi connectivity index (χ0n) is 10.6. The van der Waals surface area contributed by atoms with Crippen LogP contribution in [-0.4, -0.2) is 22.0 Å². The van der Waals surface area contributed by atoms with Crippen molar-refractivity contribution >= 4 is 5.97 Å².